The minimum atomic E-state index is -0.494. The molecule has 2 atom stereocenters. The van der Waals surface area contributed by atoms with Crippen molar-refractivity contribution < 1.29 is 9.63 Å². The summed E-state index contributed by atoms with van der Waals surface area (Å²) in [4.78, 5) is 18.1. The first-order chi connectivity index (χ1) is 11.1. The Morgan fingerprint density at radius 1 is 1.13 bits per heavy atom. The van der Waals surface area contributed by atoms with Gasteiger partial charge in [0.15, 0.2) is 6.10 Å². The van der Waals surface area contributed by atoms with Crippen LogP contribution in [0.15, 0.2) is 53.7 Å². The molecule has 0 saturated heterocycles. The molecule has 0 spiro atoms. The number of amides is 1. The Hall–Kier alpha value is -2.04. The van der Waals surface area contributed by atoms with Crippen molar-refractivity contribution in [2.45, 2.75) is 13.0 Å². The van der Waals surface area contributed by atoms with Crippen LogP contribution < -0.4 is 5.32 Å². The maximum atomic E-state index is 12.7. The van der Waals surface area contributed by atoms with Gasteiger partial charge in [0.25, 0.3) is 0 Å². The highest BCUT2D eigenvalue weighted by Crippen LogP contribution is 2.34. The van der Waals surface area contributed by atoms with Crippen LogP contribution >= 0.6 is 23.2 Å². The number of rotatable bonds is 3. The second-order valence-electron chi connectivity index (χ2n) is 5.27. The molecule has 3 rings (SSSR count). The average Bonchev–Trinajstić information content (AvgIpc) is 2.93. The number of nitrogens with zero attached hydrogens (tertiary/aromatic N) is 1. The number of nitrogens with one attached hydrogen (secondary N) is 1. The average molecular weight is 349 g/mol. The van der Waals surface area contributed by atoms with E-state index in [1.54, 1.807) is 25.1 Å². The summed E-state index contributed by atoms with van der Waals surface area (Å²) in [6.07, 6.45) is -0.432. The summed E-state index contributed by atoms with van der Waals surface area (Å²) >= 11 is 11.9. The van der Waals surface area contributed by atoms with Gasteiger partial charge in [-0.1, -0.05) is 58.7 Å². The molecule has 23 heavy (non-hydrogen) atoms. The first kappa shape index (κ1) is 15.8. The predicted molar refractivity (Wildman–Crippen MR) is 92.0 cm³/mol. The van der Waals surface area contributed by atoms with Crippen molar-refractivity contribution in [3.05, 3.63) is 64.1 Å². The fourth-order valence-corrected chi connectivity index (χ4v) is 2.79. The highest BCUT2D eigenvalue weighted by molar-refractivity contribution is 6.42. The molecule has 1 aliphatic heterocycles. The van der Waals surface area contributed by atoms with E-state index in [-0.39, 0.29) is 5.91 Å². The molecular formula is C17H14Cl2N2O2. The largest absolute Gasteiger partial charge is 0.386 e. The molecule has 6 heteroatoms. The van der Waals surface area contributed by atoms with E-state index in [0.29, 0.717) is 21.4 Å². The van der Waals surface area contributed by atoms with E-state index in [4.69, 9.17) is 28.0 Å². The summed E-state index contributed by atoms with van der Waals surface area (Å²) < 4.78 is 0. The molecule has 2 aromatic rings. The van der Waals surface area contributed by atoms with Crippen molar-refractivity contribution in [3.63, 3.8) is 0 Å². The lowest BCUT2D eigenvalue weighted by Gasteiger charge is -2.18. The molecule has 4 nitrogen and oxygen atoms in total. The SMILES string of the molecule is CC1=NOC(c2ccccc2)C1C(=O)Nc1ccc(Cl)c(Cl)c1. The smallest absolute Gasteiger partial charge is 0.237 e. The lowest BCUT2D eigenvalue weighted by atomic mass is 9.92. The van der Waals surface area contributed by atoms with E-state index < -0.39 is 12.0 Å². The maximum Gasteiger partial charge on any atom is 0.237 e. The number of oxime groups is 1. The summed E-state index contributed by atoms with van der Waals surface area (Å²) in [7, 11) is 0. The van der Waals surface area contributed by atoms with Gasteiger partial charge in [0.05, 0.1) is 15.8 Å². The van der Waals surface area contributed by atoms with Gasteiger partial charge in [0, 0.05) is 5.69 Å². The van der Waals surface area contributed by atoms with Crippen molar-refractivity contribution in [2.24, 2.45) is 11.1 Å². The van der Waals surface area contributed by atoms with Crippen LogP contribution in [0.1, 0.15) is 18.6 Å². The molecule has 118 valence electrons. The van der Waals surface area contributed by atoms with E-state index >= 15 is 0 Å². The van der Waals surface area contributed by atoms with Crippen molar-refractivity contribution in [1.29, 1.82) is 0 Å². The molecule has 2 unspecified atom stereocenters. The van der Waals surface area contributed by atoms with E-state index in [0.717, 1.165) is 5.56 Å². The topological polar surface area (TPSA) is 50.7 Å². The molecule has 1 N–H and O–H groups in total. The molecular weight excluding hydrogens is 335 g/mol. The van der Waals surface area contributed by atoms with Crippen LogP contribution in [0.4, 0.5) is 5.69 Å². The minimum absolute atomic E-state index is 0.198. The van der Waals surface area contributed by atoms with Gasteiger partial charge in [-0.05, 0) is 30.7 Å². The van der Waals surface area contributed by atoms with Crippen molar-refractivity contribution in [2.75, 3.05) is 5.32 Å². The Balaban J connectivity index is 1.81. The Kier molecular flexibility index (Phi) is 4.55. The third-order valence-electron chi connectivity index (χ3n) is 3.66. The Morgan fingerprint density at radius 2 is 1.87 bits per heavy atom. The van der Waals surface area contributed by atoms with E-state index in [1.807, 2.05) is 30.3 Å². The number of anilines is 1. The number of halogens is 2. The predicted octanol–water partition coefficient (Wildman–Crippen LogP) is 4.70. The highest BCUT2D eigenvalue weighted by Gasteiger charge is 2.38. The zero-order valence-electron chi connectivity index (χ0n) is 12.3. The molecule has 1 heterocycles. The lowest BCUT2D eigenvalue weighted by molar-refractivity contribution is -0.120. The van der Waals surface area contributed by atoms with E-state index in [9.17, 15) is 4.79 Å². The van der Waals surface area contributed by atoms with Gasteiger partial charge in [-0.3, -0.25) is 4.79 Å². The maximum absolute atomic E-state index is 12.7. The number of carbonyl (C=O) groups excluding carboxylic acids is 1. The van der Waals surface area contributed by atoms with Crippen LogP contribution in [0, 0.1) is 5.92 Å². The molecule has 0 fully saturated rings. The Labute approximate surface area is 144 Å². The lowest BCUT2D eigenvalue weighted by Crippen LogP contribution is -2.30. The van der Waals surface area contributed by atoms with Crippen molar-refractivity contribution in [3.8, 4) is 0 Å². The summed E-state index contributed by atoms with van der Waals surface area (Å²) in [5.74, 6) is -0.692. The molecule has 1 aliphatic rings. The summed E-state index contributed by atoms with van der Waals surface area (Å²) in [5, 5.41) is 7.64. The molecule has 0 saturated carbocycles. The fraction of sp³-hybridized carbons (Fsp3) is 0.176. The van der Waals surface area contributed by atoms with Gasteiger partial charge in [0.1, 0.15) is 5.92 Å². The summed E-state index contributed by atoms with van der Waals surface area (Å²) in [6.45, 7) is 1.78. The van der Waals surface area contributed by atoms with Gasteiger partial charge in [0.2, 0.25) is 5.91 Å². The number of benzene rings is 2. The number of hydrogen-bond acceptors (Lipinski definition) is 3. The Bertz CT molecular complexity index is 762. The standard InChI is InChI=1S/C17H14Cl2N2O2/c1-10-15(16(23-21-10)11-5-3-2-4-6-11)17(22)20-12-7-8-13(18)14(19)9-12/h2-9,15-16H,1H3,(H,20,22). The van der Waals surface area contributed by atoms with Gasteiger partial charge in [-0.25, -0.2) is 0 Å². The van der Waals surface area contributed by atoms with Crippen LogP contribution in [0.3, 0.4) is 0 Å². The van der Waals surface area contributed by atoms with E-state index in [1.165, 1.54) is 0 Å². The third-order valence-corrected chi connectivity index (χ3v) is 4.40. The van der Waals surface area contributed by atoms with Crippen molar-refractivity contribution >= 4 is 40.5 Å². The first-order valence-electron chi connectivity index (χ1n) is 7.07. The molecule has 0 aromatic heterocycles. The van der Waals surface area contributed by atoms with Crippen LogP contribution in [-0.2, 0) is 9.63 Å². The molecule has 0 bridgehead atoms. The molecule has 2 aromatic carbocycles. The van der Waals surface area contributed by atoms with Crippen LogP contribution in [-0.4, -0.2) is 11.6 Å². The zero-order valence-corrected chi connectivity index (χ0v) is 13.8. The second-order valence-corrected chi connectivity index (χ2v) is 6.08. The highest BCUT2D eigenvalue weighted by atomic mass is 35.5. The zero-order chi connectivity index (χ0) is 16.4. The monoisotopic (exact) mass is 348 g/mol. The first-order valence-corrected chi connectivity index (χ1v) is 7.83. The van der Waals surface area contributed by atoms with Gasteiger partial charge < -0.3 is 10.2 Å². The van der Waals surface area contributed by atoms with Crippen LogP contribution in [0.25, 0.3) is 0 Å². The van der Waals surface area contributed by atoms with Crippen LogP contribution in [0.2, 0.25) is 10.0 Å². The van der Waals surface area contributed by atoms with Crippen LogP contribution in [0.5, 0.6) is 0 Å². The molecule has 0 radical (unpaired) electrons. The number of hydrogen-bond donors (Lipinski definition) is 1. The van der Waals surface area contributed by atoms with Crippen molar-refractivity contribution in [1.82, 2.24) is 0 Å². The minimum Gasteiger partial charge on any atom is -0.386 e. The van der Waals surface area contributed by atoms with Gasteiger partial charge in [-0.2, -0.15) is 0 Å². The fourth-order valence-electron chi connectivity index (χ4n) is 2.49. The Morgan fingerprint density at radius 3 is 2.57 bits per heavy atom. The second kappa shape index (κ2) is 6.60. The summed E-state index contributed by atoms with van der Waals surface area (Å²) in [5.41, 5.74) is 2.12. The molecule has 0 aliphatic carbocycles. The summed E-state index contributed by atoms with van der Waals surface area (Å²) in [6, 6.07) is 14.5. The van der Waals surface area contributed by atoms with Gasteiger partial charge >= 0.3 is 0 Å². The van der Waals surface area contributed by atoms with E-state index in [2.05, 4.69) is 10.5 Å². The normalized spacial score (nSPS) is 19.9. The molecule has 1 amide bonds. The van der Waals surface area contributed by atoms with Gasteiger partial charge in [-0.15, -0.1) is 0 Å². The number of carbonyl (C=O) groups is 1. The quantitative estimate of drug-likeness (QED) is 0.874. The third kappa shape index (κ3) is 3.33.